The van der Waals surface area contributed by atoms with Crippen LogP contribution in [0.2, 0.25) is 0 Å². The summed E-state index contributed by atoms with van der Waals surface area (Å²) in [7, 11) is 0. The lowest BCUT2D eigenvalue weighted by Gasteiger charge is -2.15. The van der Waals surface area contributed by atoms with Crippen molar-refractivity contribution in [3.63, 3.8) is 0 Å². The van der Waals surface area contributed by atoms with Crippen LogP contribution in [0.25, 0.3) is 0 Å². The predicted molar refractivity (Wildman–Crippen MR) is 78.2 cm³/mol. The van der Waals surface area contributed by atoms with Gasteiger partial charge in [-0.3, -0.25) is 10.1 Å². The first-order chi connectivity index (χ1) is 9.43. The summed E-state index contributed by atoms with van der Waals surface area (Å²) in [4.78, 5) is 10.4. The lowest BCUT2D eigenvalue weighted by Crippen LogP contribution is -2.21. The van der Waals surface area contributed by atoms with E-state index in [0.717, 1.165) is 0 Å². The van der Waals surface area contributed by atoms with E-state index < -0.39 is 11.0 Å². The first-order valence-electron chi connectivity index (χ1n) is 6.77. The molecule has 2 N–H and O–H groups in total. The van der Waals surface area contributed by atoms with Gasteiger partial charge in [0.05, 0.1) is 17.6 Å². The van der Waals surface area contributed by atoms with Crippen LogP contribution in [0.1, 0.15) is 27.2 Å². The van der Waals surface area contributed by atoms with Gasteiger partial charge < -0.3 is 15.2 Å². The SMILES string of the molecule is CCOc1cc(NCC(O)CC(C)C)ccc1[N+](=O)[O-]. The van der Waals surface area contributed by atoms with Gasteiger partial charge >= 0.3 is 5.69 Å². The molecule has 1 unspecified atom stereocenters. The molecule has 1 aromatic carbocycles. The van der Waals surface area contributed by atoms with Gasteiger partial charge in [-0.25, -0.2) is 0 Å². The summed E-state index contributed by atoms with van der Waals surface area (Å²) in [5.74, 6) is 0.656. The topological polar surface area (TPSA) is 84.6 Å². The van der Waals surface area contributed by atoms with Gasteiger partial charge in [-0.2, -0.15) is 0 Å². The monoisotopic (exact) mass is 282 g/mol. The maximum atomic E-state index is 10.9. The zero-order valence-corrected chi connectivity index (χ0v) is 12.1. The average Bonchev–Trinajstić information content (AvgIpc) is 2.36. The highest BCUT2D eigenvalue weighted by molar-refractivity contribution is 5.58. The first-order valence-corrected chi connectivity index (χ1v) is 6.77. The highest BCUT2D eigenvalue weighted by Gasteiger charge is 2.15. The average molecular weight is 282 g/mol. The van der Waals surface area contributed by atoms with Crippen LogP contribution < -0.4 is 10.1 Å². The number of nitrogens with one attached hydrogen (secondary N) is 1. The van der Waals surface area contributed by atoms with Crippen LogP contribution >= 0.6 is 0 Å². The van der Waals surface area contributed by atoms with Gasteiger partial charge in [0.25, 0.3) is 0 Å². The van der Waals surface area contributed by atoms with Crippen molar-refractivity contribution in [2.75, 3.05) is 18.5 Å². The molecular formula is C14H22N2O4. The number of hydrogen-bond acceptors (Lipinski definition) is 5. The molecule has 0 aromatic heterocycles. The molecule has 0 heterocycles. The molecule has 1 rings (SSSR count). The zero-order chi connectivity index (χ0) is 15.1. The second-order valence-corrected chi connectivity index (χ2v) is 5.04. The summed E-state index contributed by atoms with van der Waals surface area (Å²) in [5, 5.41) is 23.7. The molecule has 112 valence electrons. The minimum atomic E-state index is -0.470. The van der Waals surface area contributed by atoms with Gasteiger partial charge in [0.2, 0.25) is 0 Å². The van der Waals surface area contributed by atoms with E-state index in [1.807, 2.05) is 13.8 Å². The van der Waals surface area contributed by atoms with Crippen LogP contribution in [-0.4, -0.2) is 29.3 Å². The molecule has 0 saturated carbocycles. The Morgan fingerprint density at radius 2 is 2.15 bits per heavy atom. The predicted octanol–water partition coefficient (Wildman–Crippen LogP) is 2.81. The first kappa shape index (κ1) is 16.2. The van der Waals surface area contributed by atoms with Crippen molar-refractivity contribution in [3.05, 3.63) is 28.3 Å². The summed E-state index contributed by atoms with van der Waals surface area (Å²) < 4.78 is 5.27. The Kier molecular flexibility index (Phi) is 6.24. The summed E-state index contributed by atoms with van der Waals surface area (Å²) in [6, 6.07) is 4.61. The molecule has 1 atom stereocenters. The second kappa shape index (κ2) is 7.69. The molecule has 20 heavy (non-hydrogen) atoms. The van der Waals surface area contributed by atoms with Crippen LogP contribution in [-0.2, 0) is 0 Å². The molecule has 0 amide bonds. The number of nitro benzene ring substituents is 1. The van der Waals surface area contributed by atoms with Gasteiger partial charge in [-0.1, -0.05) is 13.8 Å². The van der Waals surface area contributed by atoms with Crippen LogP contribution in [0.5, 0.6) is 5.75 Å². The quantitative estimate of drug-likeness (QED) is 0.565. The summed E-state index contributed by atoms with van der Waals surface area (Å²) in [6.07, 6.45) is 0.263. The van der Waals surface area contributed by atoms with E-state index in [2.05, 4.69) is 5.32 Å². The molecule has 0 bridgehead atoms. The lowest BCUT2D eigenvalue weighted by molar-refractivity contribution is -0.385. The Hall–Kier alpha value is -1.82. The Morgan fingerprint density at radius 3 is 2.70 bits per heavy atom. The van der Waals surface area contributed by atoms with Crippen LogP contribution in [0.4, 0.5) is 11.4 Å². The third-order valence-electron chi connectivity index (χ3n) is 2.74. The number of ether oxygens (including phenoxy) is 1. The molecule has 6 nitrogen and oxygen atoms in total. The molecule has 1 aromatic rings. The smallest absolute Gasteiger partial charge is 0.311 e. The van der Waals surface area contributed by atoms with Gasteiger partial charge in [0, 0.05) is 24.4 Å². The van der Waals surface area contributed by atoms with Crippen molar-refractivity contribution in [1.29, 1.82) is 0 Å². The number of anilines is 1. The van der Waals surface area contributed by atoms with E-state index >= 15 is 0 Å². The van der Waals surface area contributed by atoms with E-state index in [4.69, 9.17) is 4.74 Å². The lowest BCUT2D eigenvalue weighted by atomic mass is 10.1. The highest BCUT2D eigenvalue weighted by atomic mass is 16.6. The standard InChI is InChI=1S/C14H22N2O4/c1-4-20-14-8-11(5-6-13(14)16(18)19)15-9-12(17)7-10(2)3/h5-6,8,10,12,15,17H,4,7,9H2,1-3H3. The highest BCUT2D eigenvalue weighted by Crippen LogP contribution is 2.30. The van der Waals surface area contributed by atoms with Crippen molar-refractivity contribution in [2.45, 2.75) is 33.3 Å². The fourth-order valence-corrected chi connectivity index (χ4v) is 1.91. The van der Waals surface area contributed by atoms with Gasteiger partial charge in [-0.05, 0) is 25.3 Å². The Labute approximate surface area is 118 Å². The second-order valence-electron chi connectivity index (χ2n) is 5.04. The van der Waals surface area contributed by atoms with Crippen LogP contribution in [0.3, 0.4) is 0 Å². The van der Waals surface area contributed by atoms with E-state index in [9.17, 15) is 15.2 Å². The summed E-state index contributed by atoms with van der Waals surface area (Å²) in [5.41, 5.74) is 0.641. The molecule has 0 aliphatic heterocycles. The summed E-state index contributed by atoms with van der Waals surface area (Å²) >= 11 is 0. The normalized spacial score (nSPS) is 12.2. The van der Waals surface area contributed by atoms with E-state index in [-0.39, 0.29) is 11.4 Å². The number of aliphatic hydroxyl groups is 1. The molecule has 0 spiro atoms. The van der Waals surface area contributed by atoms with Crippen molar-refractivity contribution < 1.29 is 14.8 Å². The molecule has 0 aliphatic carbocycles. The zero-order valence-electron chi connectivity index (χ0n) is 12.1. The molecule has 0 fully saturated rings. The van der Waals surface area contributed by atoms with E-state index in [1.54, 1.807) is 19.1 Å². The number of hydrogen-bond donors (Lipinski definition) is 2. The van der Waals surface area contributed by atoms with Crippen LogP contribution in [0, 0.1) is 16.0 Å². The molecular weight excluding hydrogens is 260 g/mol. The van der Waals surface area contributed by atoms with E-state index in [1.165, 1.54) is 6.07 Å². The van der Waals surface area contributed by atoms with Crippen molar-refractivity contribution in [3.8, 4) is 5.75 Å². The Morgan fingerprint density at radius 1 is 1.45 bits per heavy atom. The van der Waals surface area contributed by atoms with Crippen molar-refractivity contribution in [2.24, 2.45) is 5.92 Å². The number of nitrogens with zero attached hydrogens (tertiary/aromatic N) is 1. The van der Waals surface area contributed by atoms with Gasteiger partial charge in [0.15, 0.2) is 5.75 Å². The molecule has 0 aliphatic rings. The minimum absolute atomic E-state index is 0.0554. The van der Waals surface area contributed by atoms with Crippen LogP contribution in [0.15, 0.2) is 18.2 Å². The number of rotatable bonds is 8. The third kappa shape index (κ3) is 5.05. The van der Waals surface area contributed by atoms with E-state index in [0.29, 0.717) is 31.2 Å². The molecule has 6 heteroatoms. The number of aliphatic hydroxyl groups excluding tert-OH is 1. The minimum Gasteiger partial charge on any atom is -0.487 e. The maximum Gasteiger partial charge on any atom is 0.311 e. The number of benzene rings is 1. The summed E-state index contributed by atoms with van der Waals surface area (Å²) in [6.45, 7) is 6.63. The maximum absolute atomic E-state index is 10.9. The Bertz CT molecular complexity index is 449. The van der Waals surface area contributed by atoms with Gasteiger partial charge in [-0.15, -0.1) is 0 Å². The third-order valence-corrected chi connectivity index (χ3v) is 2.74. The molecule has 0 saturated heterocycles. The van der Waals surface area contributed by atoms with Crippen molar-refractivity contribution in [1.82, 2.24) is 0 Å². The fourth-order valence-electron chi connectivity index (χ4n) is 1.91. The van der Waals surface area contributed by atoms with Gasteiger partial charge in [0.1, 0.15) is 0 Å². The molecule has 0 radical (unpaired) electrons. The number of nitro groups is 1. The largest absolute Gasteiger partial charge is 0.487 e. The Balaban J connectivity index is 2.72. The fraction of sp³-hybridized carbons (Fsp3) is 0.571. The van der Waals surface area contributed by atoms with Crippen molar-refractivity contribution >= 4 is 11.4 Å².